The smallest absolute Gasteiger partial charge is 0.226 e. The lowest BCUT2D eigenvalue weighted by molar-refractivity contribution is -0.136. The molecule has 0 aromatic heterocycles. The van der Waals surface area contributed by atoms with Crippen LogP contribution >= 0.6 is 0 Å². The fourth-order valence-electron chi connectivity index (χ4n) is 2.87. The van der Waals surface area contributed by atoms with E-state index in [2.05, 4.69) is 6.92 Å². The SMILES string of the molecule is C[C@H]1CCCN(C(=O)CCOc2ccccc2F)[C@H]1CN. The van der Waals surface area contributed by atoms with Crippen LogP contribution in [0.15, 0.2) is 24.3 Å². The van der Waals surface area contributed by atoms with Crippen molar-refractivity contribution in [3.8, 4) is 5.75 Å². The van der Waals surface area contributed by atoms with Crippen LogP contribution in [0, 0.1) is 11.7 Å². The van der Waals surface area contributed by atoms with Gasteiger partial charge in [0.25, 0.3) is 0 Å². The van der Waals surface area contributed by atoms with Gasteiger partial charge in [-0.2, -0.15) is 0 Å². The normalized spacial score (nSPS) is 22.1. The summed E-state index contributed by atoms with van der Waals surface area (Å²) in [6.07, 6.45) is 2.37. The van der Waals surface area contributed by atoms with Gasteiger partial charge in [0.2, 0.25) is 5.91 Å². The Bertz CT molecular complexity index is 481. The third-order valence-electron chi connectivity index (χ3n) is 4.09. The molecule has 1 aromatic rings. The number of likely N-dealkylation sites (tertiary alicyclic amines) is 1. The lowest BCUT2D eigenvalue weighted by Crippen LogP contribution is -2.51. The molecule has 21 heavy (non-hydrogen) atoms. The highest BCUT2D eigenvalue weighted by atomic mass is 19.1. The minimum Gasteiger partial charge on any atom is -0.490 e. The average Bonchev–Trinajstić information content (AvgIpc) is 2.48. The van der Waals surface area contributed by atoms with E-state index in [4.69, 9.17) is 10.5 Å². The van der Waals surface area contributed by atoms with E-state index in [-0.39, 0.29) is 30.7 Å². The maximum absolute atomic E-state index is 13.4. The highest BCUT2D eigenvalue weighted by Crippen LogP contribution is 2.23. The van der Waals surface area contributed by atoms with Crippen molar-refractivity contribution in [3.63, 3.8) is 0 Å². The number of hydrogen-bond donors (Lipinski definition) is 1. The summed E-state index contributed by atoms with van der Waals surface area (Å²) in [5.74, 6) is 0.248. The number of benzene rings is 1. The summed E-state index contributed by atoms with van der Waals surface area (Å²) < 4.78 is 18.7. The van der Waals surface area contributed by atoms with E-state index in [0.717, 1.165) is 19.4 Å². The van der Waals surface area contributed by atoms with Gasteiger partial charge in [-0.15, -0.1) is 0 Å². The Hall–Kier alpha value is -1.62. The van der Waals surface area contributed by atoms with Crippen molar-refractivity contribution >= 4 is 5.91 Å². The van der Waals surface area contributed by atoms with Crippen molar-refractivity contribution in [2.24, 2.45) is 11.7 Å². The molecule has 0 radical (unpaired) electrons. The summed E-state index contributed by atoms with van der Waals surface area (Å²) in [6, 6.07) is 6.32. The second-order valence-electron chi connectivity index (χ2n) is 5.54. The zero-order valence-corrected chi connectivity index (χ0v) is 12.4. The van der Waals surface area contributed by atoms with Gasteiger partial charge in [0, 0.05) is 19.1 Å². The zero-order chi connectivity index (χ0) is 15.2. The van der Waals surface area contributed by atoms with Gasteiger partial charge in [-0.3, -0.25) is 4.79 Å². The largest absolute Gasteiger partial charge is 0.490 e. The Balaban J connectivity index is 1.85. The quantitative estimate of drug-likeness (QED) is 0.905. The van der Waals surface area contributed by atoms with Gasteiger partial charge in [0.15, 0.2) is 11.6 Å². The van der Waals surface area contributed by atoms with E-state index in [9.17, 15) is 9.18 Å². The number of hydrogen-bond acceptors (Lipinski definition) is 3. The predicted octanol–water partition coefficient (Wildman–Crippen LogP) is 2.18. The number of para-hydroxylation sites is 1. The molecule has 0 bridgehead atoms. The number of halogens is 1. The summed E-state index contributed by atoms with van der Waals surface area (Å²) in [5, 5.41) is 0. The van der Waals surface area contributed by atoms with Crippen LogP contribution in [0.4, 0.5) is 4.39 Å². The van der Waals surface area contributed by atoms with Crippen molar-refractivity contribution in [3.05, 3.63) is 30.1 Å². The highest BCUT2D eigenvalue weighted by Gasteiger charge is 2.30. The number of piperidine rings is 1. The standard InChI is InChI=1S/C16H23FN2O2/c1-12-5-4-9-19(14(12)11-18)16(20)8-10-21-15-7-3-2-6-13(15)17/h2-3,6-7,12,14H,4-5,8-11,18H2,1H3/t12-,14-/m0/s1. The average molecular weight is 294 g/mol. The van der Waals surface area contributed by atoms with Crippen LogP contribution < -0.4 is 10.5 Å². The molecular formula is C16H23FN2O2. The van der Waals surface area contributed by atoms with Crippen molar-refractivity contribution in [2.75, 3.05) is 19.7 Å². The highest BCUT2D eigenvalue weighted by molar-refractivity contribution is 5.76. The van der Waals surface area contributed by atoms with Gasteiger partial charge in [-0.05, 0) is 30.9 Å². The van der Waals surface area contributed by atoms with Crippen LogP contribution in [0.5, 0.6) is 5.75 Å². The van der Waals surface area contributed by atoms with Crippen LogP contribution in [-0.4, -0.2) is 36.5 Å². The zero-order valence-electron chi connectivity index (χ0n) is 12.4. The molecule has 0 unspecified atom stereocenters. The third kappa shape index (κ3) is 3.94. The number of carbonyl (C=O) groups excluding carboxylic acids is 1. The molecule has 1 saturated heterocycles. The Kier molecular flexibility index (Phi) is 5.56. The summed E-state index contributed by atoms with van der Waals surface area (Å²) >= 11 is 0. The van der Waals surface area contributed by atoms with E-state index >= 15 is 0 Å². The van der Waals surface area contributed by atoms with E-state index in [1.54, 1.807) is 18.2 Å². The molecule has 2 atom stereocenters. The van der Waals surface area contributed by atoms with Crippen LogP contribution in [0.3, 0.4) is 0 Å². The Morgan fingerprint density at radius 1 is 1.48 bits per heavy atom. The molecule has 2 rings (SSSR count). The fourth-order valence-corrected chi connectivity index (χ4v) is 2.87. The number of nitrogens with zero attached hydrogens (tertiary/aromatic N) is 1. The summed E-state index contributed by atoms with van der Waals surface area (Å²) in [5.41, 5.74) is 5.79. The lowest BCUT2D eigenvalue weighted by Gasteiger charge is -2.39. The first-order valence-electron chi connectivity index (χ1n) is 7.50. The Labute approximate surface area is 125 Å². The van der Waals surface area contributed by atoms with Crippen LogP contribution in [-0.2, 0) is 4.79 Å². The molecule has 1 fully saturated rings. The second kappa shape index (κ2) is 7.41. The molecule has 1 aliphatic heterocycles. The lowest BCUT2D eigenvalue weighted by atomic mass is 9.90. The number of nitrogens with two attached hydrogens (primary N) is 1. The maximum atomic E-state index is 13.4. The number of amides is 1. The molecular weight excluding hydrogens is 271 g/mol. The third-order valence-corrected chi connectivity index (χ3v) is 4.09. The van der Waals surface area contributed by atoms with Gasteiger partial charge < -0.3 is 15.4 Å². The van der Waals surface area contributed by atoms with Crippen LogP contribution in [0.1, 0.15) is 26.2 Å². The minimum absolute atomic E-state index is 0.0355. The van der Waals surface area contributed by atoms with Gasteiger partial charge >= 0.3 is 0 Å². The monoisotopic (exact) mass is 294 g/mol. The number of carbonyl (C=O) groups is 1. The van der Waals surface area contributed by atoms with Crippen molar-refractivity contribution in [2.45, 2.75) is 32.2 Å². The summed E-state index contributed by atoms with van der Waals surface area (Å²) in [6.45, 7) is 3.56. The molecule has 0 aliphatic carbocycles. The van der Waals surface area contributed by atoms with Gasteiger partial charge in [-0.25, -0.2) is 4.39 Å². The molecule has 4 nitrogen and oxygen atoms in total. The molecule has 1 amide bonds. The predicted molar refractivity (Wildman–Crippen MR) is 79.5 cm³/mol. The van der Waals surface area contributed by atoms with Gasteiger partial charge in [0.1, 0.15) is 0 Å². The van der Waals surface area contributed by atoms with Crippen molar-refractivity contribution < 1.29 is 13.9 Å². The second-order valence-corrected chi connectivity index (χ2v) is 5.54. The molecule has 5 heteroatoms. The fraction of sp³-hybridized carbons (Fsp3) is 0.562. The summed E-state index contributed by atoms with van der Waals surface area (Å²) in [7, 11) is 0. The summed E-state index contributed by atoms with van der Waals surface area (Å²) in [4.78, 5) is 14.1. The number of ether oxygens (including phenoxy) is 1. The first-order chi connectivity index (χ1) is 10.1. The van der Waals surface area contributed by atoms with Crippen LogP contribution in [0.25, 0.3) is 0 Å². The molecule has 116 valence electrons. The van der Waals surface area contributed by atoms with E-state index in [0.29, 0.717) is 12.5 Å². The molecule has 2 N–H and O–H groups in total. The minimum atomic E-state index is -0.406. The Morgan fingerprint density at radius 2 is 2.24 bits per heavy atom. The van der Waals surface area contributed by atoms with Crippen molar-refractivity contribution in [1.82, 2.24) is 4.90 Å². The van der Waals surface area contributed by atoms with Crippen molar-refractivity contribution in [1.29, 1.82) is 0 Å². The van der Waals surface area contributed by atoms with E-state index < -0.39 is 5.82 Å². The molecule has 1 aliphatic rings. The van der Waals surface area contributed by atoms with Gasteiger partial charge in [-0.1, -0.05) is 19.1 Å². The molecule has 1 heterocycles. The number of rotatable bonds is 5. The van der Waals surface area contributed by atoms with Crippen LogP contribution in [0.2, 0.25) is 0 Å². The van der Waals surface area contributed by atoms with Gasteiger partial charge in [0.05, 0.1) is 13.0 Å². The first kappa shape index (κ1) is 15.8. The van der Waals surface area contributed by atoms with E-state index in [1.165, 1.54) is 6.07 Å². The maximum Gasteiger partial charge on any atom is 0.226 e. The van der Waals surface area contributed by atoms with E-state index in [1.807, 2.05) is 4.90 Å². The first-order valence-corrected chi connectivity index (χ1v) is 7.50. The molecule has 0 saturated carbocycles. The molecule has 1 aromatic carbocycles. The Morgan fingerprint density at radius 3 is 2.95 bits per heavy atom. The topological polar surface area (TPSA) is 55.6 Å². The molecule has 0 spiro atoms.